The summed E-state index contributed by atoms with van der Waals surface area (Å²) in [4.78, 5) is 73.2. The van der Waals surface area contributed by atoms with Crippen molar-refractivity contribution in [2.75, 3.05) is 39.6 Å². The molecule has 0 aromatic rings. The Morgan fingerprint density at radius 2 is 0.495 bits per heavy atom. The van der Waals surface area contributed by atoms with Gasteiger partial charge in [0.05, 0.1) is 26.4 Å². The third kappa shape index (κ3) is 76.6. The minimum Gasteiger partial charge on any atom is -0.462 e. The topological polar surface area (TPSA) is 237 Å². The molecule has 0 aliphatic heterocycles. The molecule has 19 heteroatoms. The van der Waals surface area contributed by atoms with Crippen molar-refractivity contribution >= 4 is 39.5 Å². The molecule has 0 aliphatic carbocycles. The first kappa shape index (κ1) is 101. The van der Waals surface area contributed by atoms with Crippen LogP contribution in [0.5, 0.6) is 0 Å². The molecule has 0 amide bonds. The van der Waals surface area contributed by atoms with Gasteiger partial charge in [0.2, 0.25) is 0 Å². The number of rotatable bonds is 82. The molecule has 0 spiro atoms. The molecule has 0 saturated carbocycles. The Morgan fingerprint density at radius 3 is 0.738 bits per heavy atom. The van der Waals surface area contributed by atoms with Crippen LogP contribution in [0, 0.1) is 17.8 Å². The molecule has 0 saturated heterocycles. The number of aliphatic hydroxyl groups is 1. The largest absolute Gasteiger partial charge is 0.472 e. The number of unbranched alkanes of at least 4 members (excludes halogenated alkanes) is 49. The Morgan fingerprint density at radius 1 is 0.282 bits per heavy atom. The van der Waals surface area contributed by atoms with Gasteiger partial charge < -0.3 is 33.8 Å². The first-order chi connectivity index (χ1) is 49.8. The van der Waals surface area contributed by atoms with E-state index in [1.807, 2.05) is 0 Å². The molecule has 0 radical (unpaired) electrons. The van der Waals surface area contributed by atoms with Crippen molar-refractivity contribution in [1.82, 2.24) is 0 Å². The number of ether oxygens (including phenoxy) is 4. The van der Waals surface area contributed by atoms with Gasteiger partial charge in [-0.2, -0.15) is 0 Å². The highest BCUT2D eigenvalue weighted by atomic mass is 31.2. The van der Waals surface area contributed by atoms with Gasteiger partial charge in [-0.05, 0) is 43.4 Å². The SMILES string of the molecule is CCCCCCCCCCCCCCC(=O)OC[C@H](COP(=O)(O)OC[C@H](O)COP(=O)(O)OC[C@@H](COC(=O)CCCCCCCCCCCCCCCCC(C)C)OC(=O)CCCCCCCCCCCCCCCCC(C)CC)OC(=O)CCCCCCCCCCCCCCCC(C)C. The van der Waals surface area contributed by atoms with Crippen molar-refractivity contribution < 1.29 is 80.2 Å². The van der Waals surface area contributed by atoms with E-state index in [9.17, 15) is 43.2 Å². The fourth-order valence-corrected chi connectivity index (χ4v) is 14.6. The van der Waals surface area contributed by atoms with Crippen LogP contribution in [0.2, 0.25) is 0 Å². The summed E-state index contributed by atoms with van der Waals surface area (Å²) in [6.07, 6.45) is 63.6. The van der Waals surface area contributed by atoms with E-state index in [1.165, 1.54) is 250 Å². The fourth-order valence-electron chi connectivity index (χ4n) is 13.0. The summed E-state index contributed by atoms with van der Waals surface area (Å²) in [5, 5.41) is 10.7. The Hall–Kier alpha value is -1.94. The van der Waals surface area contributed by atoms with E-state index >= 15 is 0 Å². The average Bonchev–Trinajstić information content (AvgIpc) is 0.920. The van der Waals surface area contributed by atoms with Crippen molar-refractivity contribution in [2.24, 2.45) is 17.8 Å². The number of carbonyl (C=O) groups excluding carboxylic acids is 4. The lowest BCUT2D eigenvalue weighted by atomic mass is 9.99. The summed E-state index contributed by atoms with van der Waals surface area (Å²) in [6.45, 7) is 12.1. The molecular weight excluding hydrogens is 1340 g/mol. The van der Waals surface area contributed by atoms with Gasteiger partial charge in [0.1, 0.15) is 19.3 Å². The summed E-state index contributed by atoms with van der Waals surface area (Å²) in [5.41, 5.74) is 0. The van der Waals surface area contributed by atoms with Crippen LogP contribution < -0.4 is 0 Å². The van der Waals surface area contributed by atoms with Gasteiger partial charge in [-0.3, -0.25) is 37.3 Å². The predicted molar refractivity (Wildman–Crippen MR) is 423 cm³/mol. The number of phosphoric ester groups is 2. The van der Waals surface area contributed by atoms with Crippen LogP contribution >= 0.6 is 15.6 Å². The summed E-state index contributed by atoms with van der Waals surface area (Å²) in [5.74, 6) is 0.327. The van der Waals surface area contributed by atoms with Crippen molar-refractivity contribution in [1.29, 1.82) is 0 Å². The van der Waals surface area contributed by atoms with E-state index < -0.39 is 97.5 Å². The summed E-state index contributed by atoms with van der Waals surface area (Å²) in [6, 6.07) is 0. The first-order valence-electron chi connectivity index (χ1n) is 43.4. The lowest BCUT2D eigenvalue weighted by Gasteiger charge is -2.21. The van der Waals surface area contributed by atoms with E-state index in [2.05, 4.69) is 48.5 Å². The second kappa shape index (κ2) is 74.2. The molecule has 0 rings (SSSR count). The minimum atomic E-state index is -4.96. The van der Waals surface area contributed by atoms with Gasteiger partial charge >= 0.3 is 39.5 Å². The number of hydrogen-bond acceptors (Lipinski definition) is 15. The molecule has 0 fully saturated rings. The van der Waals surface area contributed by atoms with Gasteiger partial charge in [0.15, 0.2) is 12.2 Å². The van der Waals surface area contributed by atoms with E-state index in [1.54, 1.807) is 0 Å². The number of esters is 4. The van der Waals surface area contributed by atoms with Crippen LogP contribution in [-0.4, -0.2) is 96.7 Å². The molecule has 3 unspecified atom stereocenters. The maximum absolute atomic E-state index is 13.1. The van der Waals surface area contributed by atoms with Crippen LogP contribution in [0.3, 0.4) is 0 Å². The molecule has 0 bridgehead atoms. The molecule has 0 aliphatic rings. The van der Waals surface area contributed by atoms with Crippen LogP contribution in [0.15, 0.2) is 0 Å². The molecule has 17 nitrogen and oxygen atoms in total. The molecule has 6 atom stereocenters. The lowest BCUT2D eigenvalue weighted by molar-refractivity contribution is -0.161. The second-order valence-electron chi connectivity index (χ2n) is 31.4. The zero-order chi connectivity index (χ0) is 75.8. The lowest BCUT2D eigenvalue weighted by Crippen LogP contribution is -2.30. The number of hydrogen-bond donors (Lipinski definition) is 3. The molecule has 0 aromatic heterocycles. The van der Waals surface area contributed by atoms with E-state index in [4.69, 9.17) is 37.0 Å². The smallest absolute Gasteiger partial charge is 0.462 e. The standard InChI is InChI=1S/C84H164O17P2/c1-8-10-11-12-13-14-15-30-37-44-51-58-65-81(86)94-71-79(101-84(89)68-61-54-47-40-33-26-20-22-28-35-42-49-56-63-76(5)6)73-98-102(90,91)96-69-78(85)70-97-103(92,93)99-74-80(72-95-82(87)66-59-52-45-38-31-24-18-16-21-27-34-41-48-55-62-75(3)4)100-83(88)67-60-53-46-39-32-25-19-17-23-29-36-43-50-57-64-77(7)9-2/h75-80,85H,8-74H2,1-7H3,(H,90,91)(H,92,93)/t77?,78-,79+,80+/m0/s1. The monoisotopic (exact) mass is 1510 g/mol. The maximum Gasteiger partial charge on any atom is 0.472 e. The Balaban J connectivity index is 5.27. The van der Waals surface area contributed by atoms with E-state index in [-0.39, 0.29) is 25.7 Å². The third-order valence-corrected chi connectivity index (χ3v) is 21.9. The second-order valence-corrected chi connectivity index (χ2v) is 34.3. The molecule has 3 N–H and O–H groups in total. The molecular formula is C84H164O17P2. The average molecular weight is 1510 g/mol. The summed E-state index contributed by atoms with van der Waals surface area (Å²) < 4.78 is 68.9. The minimum absolute atomic E-state index is 0.108. The zero-order valence-electron chi connectivity index (χ0n) is 67.8. The summed E-state index contributed by atoms with van der Waals surface area (Å²) >= 11 is 0. The van der Waals surface area contributed by atoms with Gasteiger partial charge in [-0.15, -0.1) is 0 Å². The van der Waals surface area contributed by atoms with Crippen molar-refractivity contribution in [3.05, 3.63) is 0 Å². The first-order valence-corrected chi connectivity index (χ1v) is 46.4. The van der Waals surface area contributed by atoms with Gasteiger partial charge in [0.25, 0.3) is 0 Å². The molecule has 103 heavy (non-hydrogen) atoms. The highest BCUT2D eigenvalue weighted by molar-refractivity contribution is 7.47. The van der Waals surface area contributed by atoms with Gasteiger partial charge in [-0.1, -0.05) is 389 Å². The Labute approximate surface area is 632 Å². The van der Waals surface area contributed by atoms with Gasteiger partial charge in [-0.25, -0.2) is 9.13 Å². The normalized spacial score (nSPS) is 14.2. The van der Waals surface area contributed by atoms with Crippen molar-refractivity contribution in [3.63, 3.8) is 0 Å². The van der Waals surface area contributed by atoms with Crippen LogP contribution in [0.1, 0.15) is 440 Å². The number of aliphatic hydroxyl groups excluding tert-OH is 1. The third-order valence-electron chi connectivity index (χ3n) is 20.0. The van der Waals surface area contributed by atoms with E-state index in [0.717, 1.165) is 108 Å². The predicted octanol–water partition coefficient (Wildman–Crippen LogP) is 25.3. The Kier molecular flexibility index (Phi) is 72.8. The summed E-state index contributed by atoms with van der Waals surface area (Å²) in [7, 11) is -9.93. The molecule has 0 heterocycles. The highest BCUT2D eigenvalue weighted by Gasteiger charge is 2.30. The van der Waals surface area contributed by atoms with Crippen LogP contribution in [0.25, 0.3) is 0 Å². The Bertz CT molecular complexity index is 1990. The molecule has 0 aromatic carbocycles. The zero-order valence-corrected chi connectivity index (χ0v) is 69.6. The quantitative estimate of drug-likeness (QED) is 0.0222. The van der Waals surface area contributed by atoms with Crippen LogP contribution in [0.4, 0.5) is 0 Å². The van der Waals surface area contributed by atoms with Crippen LogP contribution in [-0.2, 0) is 65.4 Å². The van der Waals surface area contributed by atoms with Crippen molar-refractivity contribution in [3.8, 4) is 0 Å². The highest BCUT2D eigenvalue weighted by Crippen LogP contribution is 2.45. The fraction of sp³-hybridized carbons (Fsp3) is 0.952. The van der Waals surface area contributed by atoms with Crippen molar-refractivity contribution in [2.45, 2.75) is 458 Å². The van der Waals surface area contributed by atoms with Gasteiger partial charge in [0, 0.05) is 25.7 Å². The molecule has 612 valence electrons. The van der Waals surface area contributed by atoms with E-state index in [0.29, 0.717) is 25.7 Å². The maximum atomic E-state index is 13.1. The number of phosphoric acid groups is 2. The number of carbonyl (C=O) groups is 4.